The summed E-state index contributed by atoms with van der Waals surface area (Å²) >= 11 is 0. The number of carbonyl (C=O) groups is 3. The van der Waals surface area contributed by atoms with E-state index < -0.39 is 24.1 Å². The fourth-order valence-corrected chi connectivity index (χ4v) is 3.40. The fraction of sp³-hybridized carbons (Fsp3) is 0.348. The van der Waals surface area contributed by atoms with Crippen LogP contribution in [0.2, 0.25) is 0 Å². The number of amides is 2. The molecule has 0 saturated heterocycles. The molecule has 3 rings (SSSR count). The van der Waals surface area contributed by atoms with Crippen molar-refractivity contribution in [1.82, 2.24) is 10.8 Å². The number of aliphatic carboxylic acids is 1. The van der Waals surface area contributed by atoms with E-state index in [-0.39, 0.29) is 38.7 Å². The highest BCUT2D eigenvalue weighted by molar-refractivity contribution is 5.79. The van der Waals surface area contributed by atoms with Gasteiger partial charge < -0.3 is 19.9 Å². The molecule has 3 N–H and O–H groups in total. The Morgan fingerprint density at radius 1 is 1.00 bits per heavy atom. The van der Waals surface area contributed by atoms with Crippen LogP contribution in [0.1, 0.15) is 30.4 Å². The number of alkyl carbamates (subject to hydrolysis) is 1. The van der Waals surface area contributed by atoms with Gasteiger partial charge in [-0.05, 0) is 29.2 Å². The molecule has 0 fully saturated rings. The first kappa shape index (κ1) is 23.2. The zero-order valence-electron chi connectivity index (χ0n) is 17.7. The van der Waals surface area contributed by atoms with Crippen LogP contribution in [0.15, 0.2) is 48.5 Å². The molecule has 0 aromatic heterocycles. The second-order valence-electron chi connectivity index (χ2n) is 7.24. The quantitative estimate of drug-likeness (QED) is 0.361. The first-order valence-electron chi connectivity index (χ1n) is 10.3. The third kappa shape index (κ3) is 6.05. The molecule has 0 bridgehead atoms. The van der Waals surface area contributed by atoms with Crippen LogP contribution < -0.4 is 10.8 Å². The summed E-state index contributed by atoms with van der Waals surface area (Å²) in [6.07, 6.45) is -1.68. The van der Waals surface area contributed by atoms with Gasteiger partial charge >= 0.3 is 12.1 Å². The van der Waals surface area contributed by atoms with E-state index >= 15 is 0 Å². The van der Waals surface area contributed by atoms with Gasteiger partial charge in [-0.2, -0.15) is 0 Å². The highest BCUT2D eigenvalue weighted by Gasteiger charge is 2.28. The number of hydrogen-bond acceptors (Lipinski definition) is 6. The predicted molar refractivity (Wildman–Crippen MR) is 115 cm³/mol. The third-order valence-electron chi connectivity index (χ3n) is 5.03. The molecular weight excluding hydrogens is 416 g/mol. The van der Waals surface area contributed by atoms with E-state index in [1.807, 2.05) is 29.7 Å². The lowest BCUT2D eigenvalue weighted by Gasteiger charge is -2.14. The number of carboxylic acids is 1. The van der Waals surface area contributed by atoms with Crippen molar-refractivity contribution in [2.45, 2.75) is 25.4 Å². The van der Waals surface area contributed by atoms with Gasteiger partial charge in [-0.1, -0.05) is 48.5 Å². The van der Waals surface area contributed by atoms with Gasteiger partial charge in [0, 0.05) is 12.5 Å². The van der Waals surface area contributed by atoms with E-state index in [0.29, 0.717) is 0 Å². The molecule has 1 unspecified atom stereocenters. The number of ether oxygens (including phenoxy) is 2. The van der Waals surface area contributed by atoms with Gasteiger partial charge in [0.15, 0.2) is 6.10 Å². The molecule has 2 aromatic rings. The molecule has 2 aromatic carbocycles. The van der Waals surface area contributed by atoms with Crippen LogP contribution >= 0.6 is 0 Å². The van der Waals surface area contributed by atoms with E-state index in [1.165, 1.54) is 6.92 Å². The van der Waals surface area contributed by atoms with Crippen LogP contribution in [0, 0.1) is 0 Å². The molecular formula is C23H26N2O7. The van der Waals surface area contributed by atoms with E-state index in [1.54, 1.807) is 0 Å². The van der Waals surface area contributed by atoms with Crippen LogP contribution in [-0.2, 0) is 23.9 Å². The lowest BCUT2D eigenvalue weighted by Crippen LogP contribution is -2.33. The van der Waals surface area contributed by atoms with Gasteiger partial charge in [0.05, 0.1) is 19.6 Å². The van der Waals surface area contributed by atoms with Crippen molar-refractivity contribution in [2.75, 3.05) is 26.4 Å². The second-order valence-corrected chi connectivity index (χ2v) is 7.24. The number of fused-ring (bicyclic) bond motifs is 3. The van der Waals surface area contributed by atoms with E-state index in [9.17, 15) is 14.4 Å². The summed E-state index contributed by atoms with van der Waals surface area (Å²) in [4.78, 5) is 38.8. The Kier molecular flexibility index (Phi) is 8.18. The van der Waals surface area contributed by atoms with E-state index in [0.717, 1.165) is 22.3 Å². The molecule has 170 valence electrons. The standard InChI is InChI=1S/C23H26N2O7/c1-15(22(27)28)32-25-21(26)10-12-30-13-11-24-23(29)31-14-20-18-8-4-2-6-16(18)17-7-3-5-9-19(17)20/h2-9,15,20H,10-14H2,1H3,(H,24,29)(H,25,26)(H,27,28). The van der Waals surface area contributed by atoms with Crippen molar-refractivity contribution in [3.8, 4) is 11.1 Å². The van der Waals surface area contributed by atoms with Gasteiger partial charge in [0.1, 0.15) is 6.61 Å². The predicted octanol–water partition coefficient (Wildman–Crippen LogP) is 2.45. The fourth-order valence-electron chi connectivity index (χ4n) is 3.40. The zero-order chi connectivity index (χ0) is 22.9. The monoisotopic (exact) mass is 442 g/mol. The third-order valence-corrected chi connectivity index (χ3v) is 5.03. The Bertz CT molecular complexity index is 917. The minimum absolute atomic E-state index is 0.00270. The van der Waals surface area contributed by atoms with Gasteiger partial charge in [-0.3, -0.25) is 9.63 Å². The molecule has 0 radical (unpaired) electrons. The van der Waals surface area contributed by atoms with Crippen molar-refractivity contribution in [2.24, 2.45) is 0 Å². The summed E-state index contributed by atoms with van der Waals surface area (Å²) in [6.45, 7) is 2.06. The van der Waals surface area contributed by atoms with Crippen molar-refractivity contribution in [1.29, 1.82) is 0 Å². The van der Waals surface area contributed by atoms with Gasteiger partial charge in [-0.15, -0.1) is 0 Å². The van der Waals surface area contributed by atoms with Crippen LogP contribution in [0.25, 0.3) is 11.1 Å². The normalized spacial score (nSPS) is 13.0. The zero-order valence-corrected chi connectivity index (χ0v) is 17.7. The van der Waals surface area contributed by atoms with Crippen molar-refractivity contribution >= 4 is 18.0 Å². The molecule has 9 heteroatoms. The first-order chi connectivity index (χ1) is 15.5. The first-order valence-corrected chi connectivity index (χ1v) is 10.3. The smallest absolute Gasteiger partial charge is 0.407 e. The molecule has 2 amide bonds. The van der Waals surface area contributed by atoms with E-state index in [2.05, 4.69) is 34.4 Å². The maximum absolute atomic E-state index is 12.1. The summed E-state index contributed by atoms with van der Waals surface area (Å²) in [6, 6.07) is 16.2. The van der Waals surface area contributed by atoms with Crippen LogP contribution in [0.5, 0.6) is 0 Å². The number of carboxylic acid groups (broad SMARTS) is 1. The molecule has 1 aliphatic carbocycles. The number of benzene rings is 2. The van der Waals surface area contributed by atoms with Crippen molar-refractivity contribution < 1.29 is 33.8 Å². The highest BCUT2D eigenvalue weighted by atomic mass is 16.7. The number of nitrogens with one attached hydrogen (secondary N) is 2. The maximum Gasteiger partial charge on any atom is 0.407 e. The largest absolute Gasteiger partial charge is 0.479 e. The molecule has 1 atom stereocenters. The van der Waals surface area contributed by atoms with Crippen LogP contribution in [0.4, 0.5) is 4.79 Å². The molecule has 0 heterocycles. The summed E-state index contributed by atoms with van der Waals surface area (Å²) in [7, 11) is 0. The minimum atomic E-state index is -1.18. The van der Waals surface area contributed by atoms with E-state index in [4.69, 9.17) is 14.6 Å². The Morgan fingerprint density at radius 2 is 1.62 bits per heavy atom. The Morgan fingerprint density at radius 3 is 2.25 bits per heavy atom. The van der Waals surface area contributed by atoms with Gasteiger partial charge in [0.2, 0.25) is 5.91 Å². The summed E-state index contributed by atoms with van der Waals surface area (Å²) in [5.74, 6) is -1.68. The lowest BCUT2D eigenvalue weighted by molar-refractivity contribution is -0.159. The average Bonchev–Trinajstić information content (AvgIpc) is 3.12. The summed E-state index contributed by atoms with van der Waals surface area (Å²) in [5.41, 5.74) is 6.66. The van der Waals surface area contributed by atoms with Crippen LogP contribution in [-0.4, -0.2) is 55.5 Å². The van der Waals surface area contributed by atoms with Gasteiger partial charge in [0.25, 0.3) is 0 Å². The molecule has 0 spiro atoms. The van der Waals surface area contributed by atoms with Crippen molar-refractivity contribution in [3.05, 3.63) is 59.7 Å². The lowest BCUT2D eigenvalue weighted by atomic mass is 9.98. The topological polar surface area (TPSA) is 123 Å². The minimum Gasteiger partial charge on any atom is -0.479 e. The molecule has 1 aliphatic rings. The molecule has 0 aliphatic heterocycles. The number of rotatable bonds is 11. The maximum atomic E-state index is 12.1. The number of carbonyl (C=O) groups excluding carboxylic acids is 2. The summed E-state index contributed by atoms with van der Waals surface area (Å²) in [5, 5.41) is 11.3. The Labute approximate surface area is 185 Å². The highest BCUT2D eigenvalue weighted by Crippen LogP contribution is 2.44. The SMILES string of the molecule is CC(ONC(=O)CCOCCNC(=O)OCC1c2ccccc2-c2ccccc21)C(=O)O. The Hall–Kier alpha value is -3.43. The molecule has 32 heavy (non-hydrogen) atoms. The number of hydroxylamine groups is 1. The Balaban J connectivity index is 1.32. The van der Waals surface area contributed by atoms with Crippen LogP contribution in [0.3, 0.4) is 0 Å². The average molecular weight is 442 g/mol. The van der Waals surface area contributed by atoms with Gasteiger partial charge in [-0.25, -0.2) is 15.1 Å². The van der Waals surface area contributed by atoms with Crippen molar-refractivity contribution in [3.63, 3.8) is 0 Å². The number of hydrogen-bond donors (Lipinski definition) is 3. The molecule has 9 nitrogen and oxygen atoms in total. The second kappa shape index (κ2) is 11.3. The molecule has 0 saturated carbocycles. The summed E-state index contributed by atoms with van der Waals surface area (Å²) < 4.78 is 10.7.